The number of hydrogen-bond acceptors (Lipinski definition) is 5. The molecule has 0 spiro atoms. The third-order valence-corrected chi connectivity index (χ3v) is 5.62. The van der Waals surface area contributed by atoms with E-state index in [2.05, 4.69) is 4.98 Å². The maximum Gasteiger partial charge on any atom is 0.349 e. The molecule has 28 heavy (non-hydrogen) atoms. The molecule has 4 rings (SSSR count). The monoisotopic (exact) mass is 390 g/mol. The molecular weight excluding hydrogens is 372 g/mol. The van der Waals surface area contributed by atoms with Gasteiger partial charge in [-0.25, -0.2) is 4.79 Å². The first-order valence-electron chi connectivity index (χ1n) is 8.97. The van der Waals surface area contributed by atoms with Crippen LogP contribution in [0.5, 0.6) is 0 Å². The first-order valence-corrected chi connectivity index (χ1v) is 9.78. The Hall–Kier alpha value is -3.25. The van der Waals surface area contributed by atoms with Crippen LogP contribution in [0.25, 0.3) is 21.3 Å². The summed E-state index contributed by atoms with van der Waals surface area (Å²) in [6.45, 7) is 2.47. The quantitative estimate of drug-likeness (QED) is 0.475. The third kappa shape index (κ3) is 3.34. The summed E-state index contributed by atoms with van der Waals surface area (Å²) in [5, 5.41) is 0.864. The number of esters is 1. The van der Waals surface area contributed by atoms with E-state index in [1.54, 1.807) is 36.0 Å². The van der Waals surface area contributed by atoms with Crippen LogP contribution in [-0.4, -0.2) is 22.1 Å². The van der Waals surface area contributed by atoms with Gasteiger partial charge in [0.2, 0.25) is 0 Å². The summed E-state index contributed by atoms with van der Waals surface area (Å²) < 4.78 is 6.97. The average Bonchev–Trinajstić information content (AvgIpc) is 3.12. The number of thiophene rings is 1. The fourth-order valence-electron chi connectivity index (χ4n) is 3.19. The van der Waals surface area contributed by atoms with Crippen LogP contribution in [0.3, 0.4) is 0 Å². The van der Waals surface area contributed by atoms with Crippen LogP contribution in [-0.2, 0) is 11.3 Å². The molecule has 0 amide bonds. The van der Waals surface area contributed by atoms with Crippen molar-refractivity contribution >= 4 is 27.5 Å². The van der Waals surface area contributed by atoms with Gasteiger partial charge in [-0.2, -0.15) is 0 Å². The van der Waals surface area contributed by atoms with Gasteiger partial charge in [-0.1, -0.05) is 36.4 Å². The van der Waals surface area contributed by atoms with Crippen molar-refractivity contribution in [3.63, 3.8) is 0 Å². The second-order valence-electron chi connectivity index (χ2n) is 6.23. The number of aromatic nitrogens is 2. The first kappa shape index (κ1) is 18.1. The number of rotatable bonds is 5. The number of ether oxygens (including phenoxy) is 1. The third-order valence-electron chi connectivity index (χ3n) is 4.42. The van der Waals surface area contributed by atoms with Gasteiger partial charge in [0.15, 0.2) is 0 Å². The Balaban J connectivity index is 1.96. The first-order chi connectivity index (χ1) is 13.7. The summed E-state index contributed by atoms with van der Waals surface area (Å²) in [7, 11) is 0. The molecule has 0 atom stereocenters. The van der Waals surface area contributed by atoms with Crippen molar-refractivity contribution in [3.05, 3.63) is 87.8 Å². The van der Waals surface area contributed by atoms with Crippen LogP contribution in [0.4, 0.5) is 0 Å². The van der Waals surface area contributed by atoms with Gasteiger partial charge in [0.25, 0.3) is 5.56 Å². The van der Waals surface area contributed by atoms with Gasteiger partial charge in [-0.15, -0.1) is 11.3 Å². The minimum atomic E-state index is -0.372. The average molecular weight is 390 g/mol. The number of benzene rings is 1. The molecule has 0 aliphatic carbocycles. The molecule has 0 fully saturated rings. The van der Waals surface area contributed by atoms with Gasteiger partial charge in [-0.05, 0) is 30.2 Å². The molecule has 5 nitrogen and oxygen atoms in total. The Kier molecular flexibility index (Phi) is 5.04. The smallest absolute Gasteiger partial charge is 0.349 e. The van der Waals surface area contributed by atoms with E-state index < -0.39 is 0 Å². The van der Waals surface area contributed by atoms with Crippen LogP contribution in [0.15, 0.2) is 71.8 Å². The lowest BCUT2D eigenvalue weighted by Gasteiger charge is -2.08. The Morgan fingerprint density at radius 2 is 1.93 bits per heavy atom. The fraction of sp³-hybridized carbons (Fsp3) is 0.136. The van der Waals surface area contributed by atoms with Gasteiger partial charge in [0.05, 0.1) is 13.2 Å². The van der Waals surface area contributed by atoms with Gasteiger partial charge in [0, 0.05) is 29.4 Å². The summed E-state index contributed by atoms with van der Waals surface area (Å²) >= 11 is 1.29. The predicted octanol–water partition coefficient (Wildman–Crippen LogP) is 4.35. The summed E-state index contributed by atoms with van der Waals surface area (Å²) in [4.78, 5) is 30.7. The molecular formula is C22H18N2O3S. The number of nitrogens with zero attached hydrogens (tertiary/aromatic N) is 2. The highest BCUT2D eigenvalue weighted by atomic mass is 32.1. The maximum atomic E-state index is 12.7. The molecule has 0 bridgehead atoms. The summed E-state index contributed by atoms with van der Waals surface area (Å²) in [6.07, 6.45) is 3.44. The standard InChI is InChI=1S/C22H18N2O3S/c1-2-27-22(26)20-19(16-8-4-3-5-9-16)17-10-11-18(25)24(21(17)28-20)14-15-7-6-12-23-13-15/h3-13H,2,14H2,1H3. The molecule has 1 aromatic carbocycles. The van der Waals surface area contributed by atoms with Crippen LogP contribution in [0, 0.1) is 0 Å². The van der Waals surface area contributed by atoms with Crippen molar-refractivity contribution in [2.75, 3.05) is 6.61 Å². The van der Waals surface area contributed by atoms with E-state index in [0.29, 0.717) is 18.0 Å². The zero-order valence-electron chi connectivity index (χ0n) is 15.3. The highest BCUT2D eigenvalue weighted by Gasteiger charge is 2.22. The Labute approximate surface area is 165 Å². The molecule has 0 saturated heterocycles. The second-order valence-corrected chi connectivity index (χ2v) is 7.23. The van der Waals surface area contributed by atoms with Crippen LogP contribution < -0.4 is 5.56 Å². The predicted molar refractivity (Wildman–Crippen MR) is 111 cm³/mol. The summed E-state index contributed by atoms with van der Waals surface area (Å²) in [6, 6.07) is 16.8. The van der Waals surface area contributed by atoms with Crippen molar-refractivity contribution in [2.24, 2.45) is 0 Å². The largest absolute Gasteiger partial charge is 0.462 e. The topological polar surface area (TPSA) is 61.2 Å². The zero-order valence-corrected chi connectivity index (χ0v) is 16.1. The van der Waals surface area contributed by atoms with Crippen molar-refractivity contribution in [3.8, 4) is 11.1 Å². The lowest BCUT2D eigenvalue weighted by molar-refractivity contribution is 0.0533. The molecule has 0 radical (unpaired) electrons. The van der Waals surface area contributed by atoms with Crippen molar-refractivity contribution in [2.45, 2.75) is 13.5 Å². The molecule has 3 aromatic heterocycles. The normalized spacial score (nSPS) is 10.9. The minimum absolute atomic E-state index is 0.118. The number of fused-ring (bicyclic) bond motifs is 1. The summed E-state index contributed by atoms with van der Waals surface area (Å²) in [5.74, 6) is -0.372. The van der Waals surface area contributed by atoms with E-state index in [0.717, 1.165) is 26.9 Å². The molecule has 0 N–H and O–H groups in total. The maximum absolute atomic E-state index is 12.7. The molecule has 4 aromatic rings. The van der Waals surface area contributed by atoms with E-state index >= 15 is 0 Å². The minimum Gasteiger partial charge on any atom is -0.462 e. The molecule has 0 aliphatic rings. The van der Waals surface area contributed by atoms with E-state index in [-0.39, 0.29) is 11.5 Å². The van der Waals surface area contributed by atoms with Crippen LogP contribution in [0.2, 0.25) is 0 Å². The number of pyridine rings is 2. The van der Waals surface area contributed by atoms with E-state index in [4.69, 9.17) is 4.74 Å². The summed E-state index contributed by atoms with van der Waals surface area (Å²) in [5.41, 5.74) is 2.53. The molecule has 140 valence electrons. The van der Waals surface area contributed by atoms with E-state index in [1.165, 1.54) is 11.3 Å². The van der Waals surface area contributed by atoms with Crippen LogP contribution >= 0.6 is 11.3 Å². The number of hydrogen-bond donors (Lipinski definition) is 0. The molecule has 6 heteroatoms. The zero-order chi connectivity index (χ0) is 19.5. The van der Waals surface area contributed by atoms with Crippen molar-refractivity contribution < 1.29 is 9.53 Å². The van der Waals surface area contributed by atoms with Gasteiger partial charge in [0.1, 0.15) is 9.71 Å². The van der Waals surface area contributed by atoms with Crippen molar-refractivity contribution in [1.29, 1.82) is 0 Å². The Morgan fingerprint density at radius 1 is 1.11 bits per heavy atom. The highest BCUT2D eigenvalue weighted by Crippen LogP contribution is 2.38. The lowest BCUT2D eigenvalue weighted by Crippen LogP contribution is -2.19. The van der Waals surface area contributed by atoms with E-state index in [9.17, 15) is 9.59 Å². The lowest BCUT2D eigenvalue weighted by atomic mass is 10.0. The van der Waals surface area contributed by atoms with Gasteiger partial charge < -0.3 is 4.74 Å². The molecule has 0 aliphatic heterocycles. The van der Waals surface area contributed by atoms with Gasteiger partial charge in [-0.3, -0.25) is 14.3 Å². The SMILES string of the molecule is CCOC(=O)c1sc2c(ccc(=O)n2Cc2cccnc2)c1-c1ccccc1. The highest BCUT2D eigenvalue weighted by molar-refractivity contribution is 7.21. The van der Waals surface area contributed by atoms with Crippen molar-refractivity contribution in [1.82, 2.24) is 9.55 Å². The Morgan fingerprint density at radius 3 is 2.64 bits per heavy atom. The number of carbonyl (C=O) groups excluding carboxylic acids is 1. The van der Waals surface area contributed by atoms with Crippen LogP contribution in [0.1, 0.15) is 22.2 Å². The Bertz CT molecular complexity index is 1180. The molecule has 0 saturated carbocycles. The molecule has 0 unspecified atom stereocenters. The fourth-order valence-corrected chi connectivity index (χ4v) is 4.40. The second kappa shape index (κ2) is 7.78. The number of carbonyl (C=O) groups is 1. The molecule has 3 heterocycles. The van der Waals surface area contributed by atoms with E-state index in [1.807, 2.05) is 42.5 Å². The van der Waals surface area contributed by atoms with Gasteiger partial charge >= 0.3 is 5.97 Å².